The Morgan fingerprint density at radius 3 is 2.68 bits per heavy atom. The minimum atomic E-state index is -1.34. The number of Topliss-reactive ketones (excluding diaryl/α,β-unsaturated/α-hetero) is 1. The van der Waals surface area contributed by atoms with Crippen LogP contribution in [0.15, 0.2) is 0 Å². The molecule has 22 heavy (non-hydrogen) atoms. The van der Waals surface area contributed by atoms with E-state index in [2.05, 4.69) is 0 Å². The van der Waals surface area contributed by atoms with E-state index in [1.165, 1.54) is 0 Å². The van der Waals surface area contributed by atoms with E-state index in [0.717, 1.165) is 6.42 Å². The van der Waals surface area contributed by atoms with E-state index in [1.54, 1.807) is 6.92 Å². The van der Waals surface area contributed by atoms with E-state index in [9.17, 15) is 14.7 Å². The number of hydrogen-bond donors (Lipinski definition) is 1. The molecule has 2 aliphatic carbocycles. The van der Waals surface area contributed by atoms with Crippen molar-refractivity contribution in [1.29, 1.82) is 0 Å². The first-order valence-electron chi connectivity index (χ1n) is 8.15. The molecule has 3 aliphatic rings. The van der Waals surface area contributed by atoms with E-state index >= 15 is 0 Å². The summed E-state index contributed by atoms with van der Waals surface area (Å²) < 4.78 is 17.0. The van der Waals surface area contributed by atoms with Crippen molar-refractivity contribution in [2.75, 3.05) is 19.8 Å². The van der Waals surface area contributed by atoms with Gasteiger partial charge in [-0.25, -0.2) is 0 Å². The molecule has 0 aromatic rings. The molecular weight excluding hydrogens is 288 g/mol. The third kappa shape index (κ3) is 2.37. The first-order valence-corrected chi connectivity index (χ1v) is 8.15. The van der Waals surface area contributed by atoms with Crippen molar-refractivity contribution in [2.24, 2.45) is 5.41 Å². The van der Waals surface area contributed by atoms with Crippen LogP contribution in [0.2, 0.25) is 0 Å². The van der Waals surface area contributed by atoms with Gasteiger partial charge in [-0.1, -0.05) is 0 Å². The molecular formula is C16H24O6. The Balaban J connectivity index is 1.95. The van der Waals surface area contributed by atoms with Crippen LogP contribution in [-0.2, 0) is 23.8 Å². The van der Waals surface area contributed by atoms with Gasteiger partial charge in [-0.15, -0.1) is 0 Å². The number of fused-ring (bicyclic) bond motifs is 1. The molecule has 2 saturated carbocycles. The maximum Gasteiger partial charge on any atom is 0.315 e. The number of ether oxygens (including phenoxy) is 3. The number of rotatable bonds is 2. The van der Waals surface area contributed by atoms with Crippen LogP contribution in [0.4, 0.5) is 0 Å². The second-order valence-corrected chi connectivity index (χ2v) is 6.69. The molecule has 0 aromatic carbocycles. The molecule has 2 atom stereocenters. The Hall–Kier alpha value is -0.980. The number of aliphatic hydroxyl groups is 1. The van der Waals surface area contributed by atoms with Crippen molar-refractivity contribution < 1.29 is 28.9 Å². The zero-order valence-electron chi connectivity index (χ0n) is 13.1. The fraction of sp³-hybridized carbons (Fsp3) is 0.875. The molecule has 0 radical (unpaired) electrons. The van der Waals surface area contributed by atoms with E-state index in [4.69, 9.17) is 14.2 Å². The van der Waals surface area contributed by atoms with E-state index in [1.807, 2.05) is 0 Å². The van der Waals surface area contributed by atoms with Gasteiger partial charge in [0.05, 0.1) is 25.4 Å². The van der Waals surface area contributed by atoms with Crippen LogP contribution >= 0.6 is 0 Å². The molecule has 1 spiro atoms. The van der Waals surface area contributed by atoms with Gasteiger partial charge in [0.15, 0.2) is 5.79 Å². The van der Waals surface area contributed by atoms with Crippen LogP contribution in [0.3, 0.4) is 0 Å². The van der Waals surface area contributed by atoms with Gasteiger partial charge in [0, 0.05) is 25.7 Å². The van der Waals surface area contributed by atoms with Crippen molar-refractivity contribution in [3.63, 3.8) is 0 Å². The average Bonchev–Trinajstić information content (AvgIpc) is 2.49. The van der Waals surface area contributed by atoms with Crippen molar-refractivity contribution in [1.82, 2.24) is 0 Å². The molecule has 1 saturated heterocycles. The van der Waals surface area contributed by atoms with Crippen LogP contribution in [0, 0.1) is 5.41 Å². The lowest BCUT2D eigenvalue weighted by Gasteiger charge is -2.56. The molecule has 124 valence electrons. The first-order chi connectivity index (χ1) is 10.5. The molecule has 1 N–H and O–H groups in total. The lowest BCUT2D eigenvalue weighted by atomic mass is 9.54. The van der Waals surface area contributed by atoms with Crippen molar-refractivity contribution in [3.8, 4) is 0 Å². The monoisotopic (exact) mass is 312 g/mol. The highest BCUT2D eigenvalue weighted by atomic mass is 16.7. The van der Waals surface area contributed by atoms with Crippen molar-refractivity contribution in [2.45, 2.75) is 63.3 Å². The third-order valence-electron chi connectivity index (χ3n) is 5.39. The standard InChI is InChI=1S/C16H24O6/c1-2-20-13(18)14-5-4-12(17)10-15(14,19)6-7-16(11-14)21-8-3-9-22-16/h19H,2-11H2,1H3/t14-,15+/m0/s1. The quantitative estimate of drug-likeness (QED) is 0.775. The molecule has 0 unspecified atom stereocenters. The van der Waals surface area contributed by atoms with E-state index in [-0.39, 0.29) is 31.7 Å². The number of carbonyl (C=O) groups excluding carboxylic acids is 2. The summed E-state index contributed by atoms with van der Waals surface area (Å²) in [7, 11) is 0. The van der Waals surface area contributed by atoms with Gasteiger partial charge >= 0.3 is 5.97 Å². The predicted octanol–water partition coefficient (Wildman–Crippen LogP) is 1.34. The fourth-order valence-corrected chi connectivity index (χ4v) is 4.19. The highest BCUT2D eigenvalue weighted by Gasteiger charge is 2.66. The zero-order valence-corrected chi connectivity index (χ0v) is 13.1. The largest absolute Gasteiger partial charge is 0.465 e. The SMILES string of the molecule is CCOC(=O)[C@@]12CCC(=O)C[C@]1(O)CCC1(C2)OCCCO1. The van der Waals surface area contributed by atoms with Crippen LogP contribution in [0.1, 0.15) is 51.9 Å². The van der Waals surface area contributed by atoms with Crippen LogP contribution in [-0.4, -0.2) is 48.1 Å². The van der Waals surface area contributed by atoms with Gasteiger partial charge in [-0.2, -0.15) is 0 Å². The molecule has 6 heteroatoms. The smallest absolute Gasteiger partial charge is 0.315 e. The molecule has 1 heterocycles. The minimum absolute atomic E-state index is 0.00357. The summed E-state index contributed by atoms with van der Waals surface area (Å²) in [5.74, 6) is -1.25. The van der Waals surface area contributed by atoms with Gasteiger partial charge < -0.3 is 19.3 Å². The fourth-order valence-electron chi connectivity index (χ4n) is 4.19. The highest BCUT2D eigenvalue weighted by molar-refractivity contribution is 5.87. The third-order valence-corrected chi connectivity index (χ3v) is 5.39. The van der Waals surface area contributed by atoms with Crippen molar-refractivity contribution in [3.05, 3.63) is 0 Å². The summed E-state index contributed by atoms with van der Waals surface area (Å²) in [6.45, 7) is 3.18. The van der Waals surface area contributed by atoms with Gasteiger partial charge in [0.25, 0.3) is 0 Å². The Bertz CT molecular complexity index is 469. The lowest BCUT2D eigenvalue weighted by Crippen LogP contribution is -2.65. The zero-order chi connectivity index (χ0) is 15.8. The summed E-state index contributed by atoms with van der Waals surface area (Å²) in [6.07, 6.45) is 2.52. The molecule has 0 bridgehead atoms. The molecule has 1 aliphatic heterocycles. The van der Waals surface area contributed by atoms with Crippen LogP contribution in [0.25, 0.3) is 0 Å². The normalized spacial score (nSPS) is 37.6. The lowest BCUT2D eigenvalue weighted by molar-refractivity contribution is -0.319. The second kappa shape index (κ2) is 5.58. The van der Waals surface area contributed by atoms with Crippen LogP contribution < -0.4 is 0 Å². The summed E-state index contributed by atoms with van der Waals surface area (Å²) in [5.41, 5.74) is -2.45. The molecule has 0 aromatic heterocycles. The molecule has 6 nitrogen and oxygen atoms in total. The Morgan fingerprint density at radius 2 is 2.00 bits per heavy atom. The van der Waals surface area contributed by atoms with Gasteiger partial charge in [0.2, 0.25) is 0 Å². The van der Waals surface area contributed by atoms with Gasteiger partial charge in [0.1, 0.15) is 11.2 Å². The maximum absolute atomic E-state index is 12.7. The predicted molar refractivity (Wildman–Crippen MR) is 76.0 cm³/mol. The van der Waals surface area contributed by atoms with Crippen molar-refractivity contribution >= 4 is 11.8 Å². The Labute approximate surface area is 130 Å². The molecule has 0 amide bonds. The number of ketones is 1. The Kier molecular flexibility index (Phi) is 4.03. The maximum atomic E-state index is 12.7. The summed E-state index contributed by atoms with van der Waals surface area (Å²) in [5, 5.41) is 11.1. The number of esters is 1. The number of hydrogen-bond acceptors (Lipinski definition) is 6. The second-order valence-electron chi connectivity index (χ2n) is 6.69. The summed E-state index contributed by atoms with van der Waals surface area (Å²) >= 11 is 0. The van der Waals surface area contributed by atoms with Gasteiger partial charge in [-0.3, -0.25) is 9.59 Å². The summed E-state index contributed by atoms with van der Waals surface area (Å²) in [4.78, 5) is 24.5. The van der Waals surface area contributed by atoms with E-state index < -0.39 is 22.8 Å². The van der Waals surface area contributed by atoms with Gasteiger partial charge in [-0.05, 0) is 26.2 Å². The molecule has 3 rings (SSSR count). The Morgan fingerprint density at radius 1 is 1.27 bits per heavy atom. The van der Waals surface area contributed by atoms with Crippen LogP contribution in [0.5, 0.6) is 0 Å². The first kappa shape index (κ1) is 15.9. The highest BCUT2D eigenvalue weighted by Crippen LogP contribution is 2.57. The average molecular weight is 312 g/mol. The minimum Gasteiger partial charge on any atom is -0.465 e. The van der Waals surface area contributed by atoms with E-state index in [0.29, 0.717) is 32.5 Å². The molecule has 3 fully saturated rings. The number of carbonyl (C=O) groups is 2. The topological polar surface area (TPSA) is 82.1 Å². The summed E-state index contributed by atoms with van der Waals surface area (Å²) in [6, 6.07) is 0.